The number of amides is 2. The number of hydrogen-bond acceptors (Lipinski definition) is 5. The number of carbonyl (C=O) groups excluding carboxylic acids is 2. The van der Waals surface area contributed by atoms with Crippen molar-refractivity contribution in [1.82, 2.24) is 10.6 Å². The molecule has 2 amide bonds. The van der Waals surface area contributed by atoms with Crippen molar-refractivity contribution in [2.24, 2.45) is 5.92 Å². The zero-order chi connectivity index (χ0) is 21.7. The maximum absolute atomic E-state index is 12.9. The maximum atomic E-state index is 12.9. The highest BCUT2D eigenvalue weighted by atomic mass is 16.7. The van der Waals surface area contributed by atoms with Crippen LogP contribution in [0.25, 0.3) is 6.08 Å². The molecule has 0 aliphatic carbocycles. The average Bonchev–Trinajstić information content (AvgIpc) is 3.19. The summed E-state index contributed by atoms with van der Waals surface area (Å²) in [5.41, 5.74) is 0.851. The summed E-state index contributed by atoms with van der Waals surface area (Å²) >= 11 is 0. The van der Waals surface area contributed by atoms with Crippen molar-refractivity contribution in [2.75, 3.05) is 6.79 Å². The number of rotatable bonds is 7. The second-order valence-corrected chi connectivity index (χ2v) is 7.02. The molecule has 0 bridgehead atoms. The molecule has 3 N–H and O–H groups in total. The molecule has 30 heavy (non-hydrogen) atoms. The van der Waals surface area contributed by atoms with Gasteiger partial charge in [0.15, 0.2) is 11.5 Å². The Kier molecular flexibility index (Phi) is 6.36. The van der Waals surface area contributed by atoms with E-state index in [1.807, 2.05) is 0 Å². The van der Waals surface area contributed by atoms with Crippen molar-refractivity contribution in [3.63, 3.8) is 0 Å². The number of nitrogens with one attached hydrogen (secondary N) is 2. The summed E-state index contributed by atoms with van der Waals surface area (Å²) in [5.74, 6) is -1.61. The molecule has 3 rings (SSSR count). The Hall–Kier alpha value is -3.81. The van der Waals surface area contributed by atoms with E-state index in [2.05, 4.69) is 10.6 Å². The first-order chi connectivity index (χ1) is 14.3. The van der Waals surface area contributed by atoms with Gasteiger partial charge in [-0.25, -0.2) is 4.79 Å². The number of fused-ring (bicyclic) bond motifs is 1. The van der Waals surface area contributed by atoms with E-state index >= 15 is 0 Å². The van der Waals surface area contributed by atoms with E-state index in [9.17, 15) is 19.5 Å². The largest absolute Gasteiger partial charge is 0.480 e. The minimum atomic E-state index is -1.16. The molecular weight excluding hydrogens is 388 g/mol. The van der Waals surface area contributed by atoms with Gasteiger partial charge in [-0.1, -0.05) is 38.1 Å². The van der Waals surface area contributed by atoms with Crippen LogP contribution in [0.1, 0.15) is 29.8 Å². The molecule has 1 aliphatic heterocycles. The van der Waals surface area contributed by atoms with Gasteiger partial charge in [-0.15, -0.1) is 0 Å². The lowest BCUT2D eigenvalue weighted by Gasteiger charge is -2.19. The molecular formula is C22H22N2O6. The molecule has 0 spiro atoms. The highest BCUT2D eigenvalue weighted by Crippen LogP contribution is 2.33. The van der Waals surface area contributed by atoms with Gasteiger partial charge in [0.2, 0.25) is 6.79 Å². The summed E-state index contributed by atoms with van der Waals surface area (Å²) in [5, 5.41) is 14.4. The first-order valence-corrected chi connectivity index (χ1v) is 9.36. The van der Waals surface area contributed by atoms with Crippen molar-refractivity contribution in [1.29, 1.82) is 0 Å². The molecule has 156 valence electrons. The molecule has 0 radical (unpaired) electrons. The van der Waals surface area contributed by atoms with Gasteiger partial charge in [0.1, 0.15) is 11.7 Å². The second kappa shape index (κ2) is 9.13. The number of aliphatic carboxylic acids is 1. The molecule has 2 aromatic rings. The van der Waals surface area contributed by atoms with E-state index in [1.54, 1.807) is 62.4 Å². The van der Waals surface area contributed by atoms with Crippen LogP contribution in [0.3, 0.4) is 0 Å². The smallest absolute Gasteiger partial charge is 0.326 e. The van der Waals surface area contributed by atoms with E-state index in [4.69, 9.17) is 9.47 Å². The maximum Gasteiger partial charge on any atom is 0.326 e. The predicted molar refractivity (Wildman–Crippen MR) is 109 cm³/mol. The van der Waals surface area contributed by atoms with Crippen molar-refractivity contribution in [2.45, 2.75) is 19.9 Å². The van der Waals surface area contributed by atoms with Crippen molar-refractivity contribution in [3.05, 3.63) is 65.4 Å². The van der Waals surface area contributed by atoms with E-state index < -0.39 is 23.8 Å². The molecule has 1 atom stereocenters. The molecule has 8 nitrogen and oxygen atoms in total. The Labute approximate surface area is 173 Å². The molecule has 8 heteroatoms. The summed E-state index contributed by atoms with van der Waals surface area (Å²) in [6.07, 6.45) is 1.46. The van der Waals surface area contributed by atoms with Crippen LogP contribution in [0, 0.1) is 5.92 Å². The Morgan fingerprint density at radius 3 is 2.40 bits per heavy atom. The number of benzene rings is 2. The SMILES string of the molecule is CC(C)[C@@H](NC(=O)/C(=C\c1ccc2c(c1)OCO2)NC(=O)c1ccccc1)C(=O)O. The van der Waals surface area contributed by atoms with Crippen LogP contribution in [0.2, 0.25) is 0 Å². The van der Waals surface area contributed by atoms with Crippen LogP contribution in [-0.2, 0) is 9.59 Å². The monoisotopic (exact) mass is 410 g/mol. The standard InChI is InChI=1S/C22H22N2O6/c1-13(2)19(22(27)28)24-21(26)16(23-20(25)15-6-4-3-5-7-15)10-14-8-9-17-18(11-14)30-12-29-17/h3-11,13,19H,12H2,1-2H3,(H,23,25)(H,24,26)(H,27,28)/b16-10+/t19-/m1/s1. The van der Waals surface area contributed by atoms with Crippen LogP contribution in [0.5, 0.6) is 11.5 Å². The Morgan fingerprint density at radius 1 is 1.03 bits per heavy atom. The fourth-order valence-corrected chi connectivity index (χ4v) is 2.84. The third-order valence-corrected chi connectivity index (χ3v) is 4.46. The normalized spacial score (nSPS) is 13.6. The van der Waals surface area contributed by atoms with Gasteiger partial charge in [0, 0.05) is 5.56 Å². The third-order valence-electron chi connectivity index (χ3n) is 4.46. The summed E-state index contributed by atoms with van der Waals surface area (Å²) < 4.78 is 10.6. The summed E-state index contributed by atoms with van der Waals surface area (Å²) in [6, 6.07) is 12.4. The number of carboxylic acids is 1. The summed E-state index contributed by atoms with van der Waals surface area (Å²) in [4.78, 5) is 36.9. The number of carbonyl (C=O) groups is 3. The Balaban J connectivity index is 1.90. The number of carboxylic acid groups (broad SMARTS) is 1. The Bertz CT molecular complexity index is 984. The highest BCUT2D eigenvalue weighted by molar-refractivity contribution is 6.06. The molecule has 0 aromatic heterocycles. The predicted octanol–water partition coefficient (Wildman–Crippen LogP) is 2.41. The van der Waals surface area contributed by atoms with Crippen molar-refractivity contribution < 1.29 is 29.0 Å². The van der Waals surface area contributed by atoms with Crippen LogP contribution in [-0.4, -0.2) is 35.7 Å². The fourth-order valence-electron chi connectivity index (χ4n) is 2.84. The van der Waals surface area contributed by atoms with Crippen LogP contribution >= 0.6 is 0 Å². The quantitative estimate of drug-likeness (QED) is 0.604. The molecule has 0 saturated carbocycles. The van der Waals surface area contributed by atoms with Crippen molar-refractivity contribution in [3.8, 4) is 11.5 Å². The topological polar surface area (TPSA) is 114 Å². The van der Waals surface area contributed by atoms with E-state index in [1.165, 1.54) is 6.08 Å². The average molecular weight is 410 g/mol. The van der Waals surface area contributed by atoms with Crippen molar-refractivity contribution >= 4 is 23.9 Å². The molecule has 1 aliphatic rings. The van der Waals surface area contributed by atoms with Gasteiger partial charge in [0.05, 0.1) is 0 Å². The minimum absolute atomic E-state index is 0.0883. The fraction of sp³-hybridized carbons (Fsp3) is 0.227. The third kappa shape index (κ3) is 4.96. The second-order valence-electron chi connectivity index (χ2n) is 7.02. The van der Waals surface area contributed by atoms with Gasteiger partial charge < -0.3 is 25.2 Å². The number of ether oxygens (including phenoxy) is 2. The zero-order valence-electron chi connectivity index (χ0n) is 16.5. The van der Waals surface area contributed by atoms with Crippen LogP contribution < -0.4 is 20.1 Å². The molecule has 0 unspecified atom stereocenters. The van der Waals surface area contributed by atoms with Crippen LogP contribution in [0.15, 0.2) is 54.2 Å². The first kappa shape index (κ1) is 20.9. The van der Waals surface area contributed by atoms with Gasteiger partial charge in [-0.3, -0.25) is 9.59 Å². The highest BCUT2D eigenvalue weighted by Gasteiger charge is 2.26. The molecule has 1 heterocycles. The van der Waals surface area contributed by atoms with Gasteiger partial charge >= 0.3 is 5.97 Å². The van der Waals surface area contributed by atoms with E-state index in [0.717, 1.165) is 0 Å². The lowest BCUT2D eigenvalue weighted by Crippen LogP contribution is -2.47. The van der Waals surface area contributed by atoms with Crippen LogP contribution in [0.4, 0.5) is 0 Å². The van der Waals surface area contributed by atoms with Gasteiger partial charge in [-0.05, 0) is 41.8 Å². The lowest BCUT2D eigenvalue weighted by atomic mass is 10.0. The van der Waals surface area contributed by atoms with E-state index in [-0.39, 0.29) is 18.4 Å². The Morgan fingerprint density at radius 2 is 1.73 bits per heavy atom. The first-order valence-electron chi connectivity index (χ1n) is 9.36. The summed E-state index contributed by atoms with van der Waals surface area (Å²) in [6.45, 7) is 3.47. The van der Waals surface area contributed by atoms with Gasteiger partial charge in [0.25, 0.3) is 11.8 Å². The minimum Gasteiger partial charge on any atom is -0.480 e. The summed E-state index contributed by atoms with van der Waals surface area (Å²) in [7, 11) is 0. The molecule has 0 saturated heterocycles. The van der Waals surface area contributed by atoms with Gasteiger partial charge in [-0.2, -0.15) is 0 Å². The lowest BCUT2D eigenvalue weighted by molar-refractivity contribution is -0.142. The van der Waals surface area contributed by atoms with E-state index in [0.29, 0.717) is 22.6 Å². The molecule has 0 fully saturated rings. The number of hydrogen-bond donors (Lipinski definition) is 3. The zero-order valence-corrected chi connectivity index (χ0v) is 16.5. The molecule has 2 aromatic carbocycles.